The van der Waals surface area contributed by atoms with E-state index in [9.17, 15) is 4.39 Å². The van der Waals surface area contributed by atoms with E-state index in [-0.39, 0.29) is 18.2 Å². The number of nitrogens with one attached hydrogen (secondary N) is 1. The Hall–Kier alpha value is -3.53. The van der Waals surface area contributed by atoms with E-state index in [1.807, 2.05) is 6.07 Å². The Bertz CT molecular complexity index is 1070. The third-order valence-corrected chi connectivity index (χ3v) is 3.62. The quantitative estimate of drug-likeness (QED) is 0.589. The van der Waals surface area contributed by atoms with Gasteiger partial charge in [-0.3, -0.25) is 5.10 Å². The predicted octanol–water partition coefficient (Wildman–Crippen LogP) is 2.39. The maximum absolute atomic E-state index is 13.9. The summed E-state index contributed by atoms with van der Waals surface area (Å²) in [4.78, 5) is 8.56. The first-order chi connectivity index (χ1) is 11.8. The lowest BCUT2D eigenvalue weighted by Crippen LogP contribution is -2.04. The van der Waals surface area contributed by atoms with Crippen LogP contribution in [0.25, 0.3) is 22.6 Å². The molecule has 0 saturated heterocycles. The van der Waals surface area contributed by atoms with Crippen molar-refractivity contribution in [3.63, 3.8) is 0 Å². The number of fused-ring (bicyclic) bond motifs is 1. The summed E-state index contributed by atoms with van der Waals surface area (Å²) in [6, 6.07) is 10.3. The summed E-state index contributed by atoms with van der Waals surface area (Å²) in [6.07, 6.45) is 6.97. The van der Waals surface area contributed by atoms with Gasteiger partial charge in [-0.25, -0.2) is 14.1 Å². The monoisotopic (exact) mass is 318 g/mol. The molecule has 0 unspecified atom stereocenters. The first-order valence-electron chi connectivity index (χ1n) is 7.20. The Kier molecular flexibility index (Phi) is 3.28. The minimum Gasteiger partial charge on any atom is -0.257 e. The van der Waals surface area contributed by atoms with Gasteiger partial charge < -0.3 is 0 Å². The lowest BCUT2D eigenvalue weighted by Gasteiger charge is -2.04. The number of halogens is 1. The molecule has 116 valence electrons. The van der Waals surface area contributed by atoms with Crippen LogP contribution < -0.4 is 0 Å². The lowest BCUT2D eigenvalue weighted by atomic mass is 10.2. The Morgan fingerprint density at radius 1 is 1.21 bits per heavy atom. The highest BCUT2D eigenvalue weighted by Crippen LogP contribution is 2.25. The highest BCUT2D eigenvalue weighted by atomic mass is 19.1. The molecule has 4 rings (SSSR count). The van der Waals surface area contributed by atoms with Crippen molar-refractivity contribution in [1.29, 1.82) is 0 Å². The molecule has 0 radical (unpaired) electrons. The van der Waals surface area contributed by atoms with Crippen LogP contribution in [0.1, 0.15) is 11.4 Å². The normalized spacial score (nSPS) is 10.8. The van der Waals surface area contributed by atoms with E-state index in [1.165, 1.54) is 6.07 Å². The number of benzene rings is 1. The number of aromatic amines is 1. The van der Waals surface area contributed by atoms with Crippen LogP contribution in [0.5, 0.6) is 0 Å². The van der Waals surface area contributed by atoms with Crippen molar-refractivity contribution in [2.45, 2.75) is 6.54 Å². The van der Waals surface area contributed by atoms with Crippen molar-refractivity contribution in [2.24, 2.45) is 0 Å². The molecule has 6 nitrogen and oxygen atoms in total. The molecular weight excluding hydrogens is 307 g/mol. The Morgan fingerprint density at radius 3 is 2.88 bits per heavy atom. The molecule has 0 bridgehead atoms. The largest absolute Gasteiger partial charge is 0.257 e. The van der Waals surface area contributed by atoms with Gasteiger partial charge in [0.05, 0.1) is 11.9 Å². The van der Waals surface area contributed by atoms with Crippen LogP contribution in [0.2, 0.25) is 0 Å². The molecule has 0 aliphatic carbocycles. The van der Waals surface area contributed by atoms with Crippen molar-refractivity contribution in [3.05, 3.63) is 59.8 Å². The zero-order chi connectivity index (χ0) is 16.5. The maximum atomic E-state index is 13.9. The molecule has 0 atom stereocenters. The molecule has 3 heterocycles. The average Bonchev–Trinajstić information content (AvgIpc) is 3.22. The SMILES string of the molecule is C#Cc1n[nH]c(-c2nn(Cc3ccccc3F)c3ncccc23)n1. The van der Waals surface area contributed by atoms with Crippen LogP contribution in [-0.4, -0.2) is 29.9 Å². The summed E-state index contributed by atoms with van der Waals surface area (Å²) in [6.45, 7) is 0.260. The van der Waals surface area contributed by atoms with Gasteiger partial charge >= 0.3 is 0 Å². The molecule has 0 spiro atoms. The fourth-order valence-electron chi connectivity index (χ4n) is 2.51. The molecule has 1 N–H and O–H groups in total. The van der Waals surface area contributed by atoms with Gasteiger partial charge in [0.15, 0.2) is 11.5 Å². The number of hydrogen-bond donors (Lipinski definition) is 1. The molecule has 4 aromatic rings. The molecule has 3 aromatic heterocycles. The van der Waals surface area contributed by atoms with Gasteiger partial charge in [0.1, 0.15) is 11.5 Å². The van der Waals surface area contributed by atoms with Crippen molar-refractivity contribution in [1.82, 2.24) is 29.9 Å². The van der Waals surface area contributed by atoms with Crippen LogP contribution in [-0.2, 0) is 6.54 Å². The van der Waals surface area contributed by atoms with E-state index >= 15 is 0 Å². The highest BCUT2D eigenvalue weighted by Gasteiger charge is 2.17. The first kappa shape index (κ1) is 14.1. The summed E-state index contributed by atoms with van der Waals surface area (Å²) in [5.41, 5.74) is 1.74. The predicted molar refractivity (Wildman–Crippen MR) is 86.3 cm³/mol. The van der Waals surface area contributed by atoms with Gasteiger partial charge in [0.2, 0.25) is 5.82 Å². The van der Waals surface area contributed by atoms with Crippen molar-refractivity contribution in [2.75, 3.05) is 0 Å². The molecule has 0 aliphatic rings. The smallest absolute Gasteiger partial charge is 0.225 e. The summed E-state index contributed by atoms with van der Waals surface area (Å²) in [7, 11) is 0. The molecular formula is C17H11FN6. The maximum Gasteiger partial charge on any atom is 0.225 e. The van der Waals surface area contributed by atoms with E-state index in [4.69, 9.17) is 6.42 Å². The highest BCUT2D eigenvalue weighted by molar-refractivity contribution is 5.89. The third kappa shape index (κ3) is 2.30. The fourth-order valence-corrected chi connectivity index (χ4v) is 2.51. The number of aromatic nitrogens is 6. The van der Waals surface area contributed by atoms with Crippen LogP contribution in [0.3, 0.4) is 0 Å². The number of nitrogens with zero attached hydrogens (tertiary/aromatic N) is 5. The molecule has 1 aromatic carbocycles. The number of H-pyrrole nitrogens is 1. The first-order valence-corrected chi connectivity index (χ1v) is 7.20. The summed E-state index contributed by atoms with van der Waals surface area (Å²) < 4.78 is 15.6. The van der Waals surface area contributed by atoms with Crippen LogP contribution in [0.4, 0.5) is 4.39 Å². The van der Waals surface area contributed by atoms with Crippen LogP contribution in [0, 0.1) is 18.2 Å². The van der Waals surface area contributed by atoms with E-state index in [0.29, 0.717) is 22.7 Å². The van der Waals surface area contributed by atoms with E-state index < -0.39 is 0 Å². The standard InChI is InChI=1S/C17H11FN6/c1-2-14-20-16(22-21-14)15-12-7-5-9-19-17(12)24(23-15)10-11-6-3-4-8-13(11)18/h1,3-9H,10H2,(H,20,21,22). The van der Waals surface area contributed by atoms with Crippen molar-refractivity contribution >= 4 is 11.0 Å². The molecule has 0 fully saturated rings. The Balaban J connectivity index is 1.85. The molecule has 24 heavy (non-hydrogen) atoms. The molecule has 7 heteroatoms. The zero-order valence-electron chi connectivity index (χ0n) is 12.4. The van der Waals surface area contributed by atoms with Crippen LogP contribution >= 0.6 is 0 Å². The van der Waals surface area contributed by atoms with Crippen molar-refractivity contribution < 1.29 is 4.39 Å². The molecule has 0 aliphatic heterocycles. The summed E-state index contributed by atoms with van der Waals surface area (Å²) >= 11 is 0. The van der Waals surface area contributed by atoms with Gasteiger partial charge in [-0.2, -0.15) is 10.1 Å². The van der Waals surface area contributed by atoms with E-state index in [0.717, 1.165) is 5.39 Å². The second-order valence-corrected chi connectivity index (χ2v) is 5.12. The van der Waals surface area contributed by atoms with Crippen molar-refractivity contribution in [3.8, 4) is 23.9 Å². The summed E-state index contributed by atoms with van der Waals surface area (Å²) in [5, 5.41) is 12.0. The van der Waals surface area contributed by atoms with Gasteiger partial charge in [0.25, 0.3) is 0 Å². The molecule has 0 saturated carbocycles. The zero-order valence-corrected chi connectivity index (χ0v) is 12.4. The lowest BCUT2D eigenvalue weighted by molar-refractivity contribution is 0.589. The van der Waals surface area contributed by atoms with E-state index in [2.05, 4.69) is 31.2 Å². The number of hydrogen-bond acceptors (Lipinski definition) is 4. The van der Waals surface area contributed by atoms with Gasteiger partial charge in [-0.1, -0.05) is 18.2 Å². The Labute approximate surface area is 136 Å². The minimum atomic E-state index is -0.284. The van der Waals surface area contributed by atoms with Gasteiger partial charge in [-0.15, -0.1) is 11.5 Å². The summed E-state index contributed by atoms with van der Waals surface area (Å²) in [5.74, 6) is 2.79. The topological polar surface area (TPSA) is 72.3 Å². The number of terminal acetylenes is 1. The average molecular weight is 318 g/mol. The second-order valence-electron chi connectivity index (χ2n) is 5.12. The second kappa shape index (κ2) is 5.59. The van der Waals surface area contributed by atoms with Crippen LogP contribution in [0.15, 0.2) is 42.6 Å². The van der Waals surface area contributed by atoms with E-state index in [1.54, 1.807) is 35.1 Å². The minimum absolute atomic E-state index is 0.255. The number of pyridine rings is 1. The number of rotatable bonds is 3. The Morgan fingerprint density at radius 2 is 2.08 bits per heavy atom. The molecule has 0 amide bonds. The van der Waals surface area contributed by atoms with Gasteiger partial charge in [-0.05, 0) is 24.1 Å². The fraction of sp³-hybridized carbons (Fsp3) is 0.0588. The van der Waals surface area contributed by atoms with Gasteiger partial charge in [0, 0.05) is 11.8 Å². The third-order valence-electron chi connectivity index (χ3n) is 3.62.